The van der Waals surface area contributed by atoms with Crippen LogP contribution in [0.3, 0.4) is 0 Å². The number of benzene rings is 2. The van der Waals surface area contributed by atoms with Gasteiger partial charge in [0, 0.05) is 18.0 Å². The minimum atomic E-state index is -1.23. The summed E-state index contributed by atoms with van der Waals surface area (Å²) >= 11 is 0. The normalized spacial score (nSPS) is 16.7. The lowest BCUT2D eigenvalue weighted by Crippen LogP contribution is -2.25. The maximum atomic E-state index is 12.1. The number of carboxylic acids is 1. The van der Waals surface area contributed by atoms with Crippen molar-refractivity contribution in [3.63, 3.8) is 0 Å². The van der Waals surface area contributed by atoms with Gasteiger partial charge >= 0.3 is 5.97 Å². The van der Waals surface area contributed by atoms with Crippen molar-refractivity contribution in [1.82, 2.24) is 4.98 Å². The standard InChI is InChI=1S/C24H19N3O5/c1-31-18-7-5-16(6-8-18)15-32-21-4-2-3-20(19(21)14-28)24(10-12-26-27-24)22-13-17(23(29)30)9-11-25-22/h2-14H,15H2,1H3,(H,29,30). The molecule has 1 aromatic heterocycles. The number of hydrogen-bond acceptors (Lipinski definition) is 7. The van der Waals surface area contributed by atoms with E-state index in [1.807, 2.05) is 24.3 Å². The number of aldehydes is 1. The Morgan fingerprint density at radius 1 is 1.16 bits per heavy atom. The predicted molar refractivity (Wildman–Crippen MR) is 115 cm³/mol. The Morgan fingerprint density at radius 2 is 1.97 bits per heavy atom. The molecule has 1 unspecified atom stereocenters. The van der Waals surface area contributed by atoms with Gasteiger partial charge in [-0.15, -0.1) is 0 Å². The quantitative estimate of drug-likeness (QED) is 0.531. The third-order valence-corrected chi connectivity index (χ3v) is 5.14. The summed E-state index contributed by atoms with van der Waals surface area (Å²) in [7, 11) is 1.60. The molecule has 2 heterocycles. The summed E-state index contributed by atoms with van der Waals surface area (Å²) in [6, 6.07) is 15.4. The van der Waals surface area contributed by atoms with Crippen LogP contribution in [-0.2, 0) is 12.1 Å². The van der Waals surface area contributed by atoms with E-state index in [-0.39, 0.29) is 17.7 Å². The lowest BCUT2D eigenvalue weighted by atomic mass is 9.83. The molecule has 1 aliphatic rings. The van der Waals surface area contributed by atoms with Crippen LogP contribution in [0.25, 0.3) is 0 Å². The number of aromatic nitrogens is 1. The van der Waals surface area contributed by atoms with Crippen molar-refractivity contribution in [1.29, 1.82) is 0 Å². The molecule has 2 aromatic carbocycles. The summed E-state index contributed by atoms with van der Waals surface area (Å²) in [5, 5.41) is 17.7. The Balaban J connectivity index is 1.73. The molecule has 8 heteroatoms. The molecule has 0 amide bonds. The lowest BCUT2D eigenvalue weighted by molar-refractivity contribution is 0.0696. The Labute approximate surface area is 183 Å². The van der Waals surface area contributed by atoms with Gasteiger partial charge in [-0.1, -0.05) is 24.3 Å². The fourth-order valence-corrected chi connectivity index (χ4v) is 3.50. The maximum absolute atomic E-state index is 12.1. The van der Waals surface area contributed by atoms with Gasteiger partial charge in [0.1, 0.15) is 18.1 Å². The van der Waals surface area contributed by atoms with E-state index in [2.05, 4.69) is 15.2 Å². The molecule has 0 fully saturated rings. The number of aromatic carboxylic acids is 1. The van der Waals surface area contributed by atoms with Crippen LogP contribution >= 0.6 is 0 Å². The van der Waals surface area contributed by atoms with Crippen LogP contribution in [0.15, 0.2) is 83.3 Å². The average molecular weight is 429 g/mol. The number of rotatable bonds is 8. The molecule has 32 heavy (non-hydrogen) atoms. The molecule has 0 radical (unpaired) electrons. The summed E-state index contributed by atoms with van der Waals surface area (Å²) in [6.07, 6.45) is 5.27. The Morgan fingerprint density at radius 3 is 2.62 bits per heavy atom. The van der Waals surface area contributed by atoms with Crippen molar-refractivity contribution >= 4 is 12.3 Å². The number of methoxy groups -OCH3 is 1. The highest BCUT2D eigenvalue weighted by molar-refractivity contribution is 5.88. The highest BCUT2D eigenvalue weighted by atomic mass is 16.5. The van der Waals surface area contributed by atoms with Crippen LogP contribution in [0.2, 0.25) is 0 Å². The number of nitrogens with zero attached hydrogens (tertiary/aromatic N) is 3. The minimum Gasteiger partial charge on any atom is -0.497 e. The number of azo groups is 1. The van der Waals surface area contributed by atoms with Crippen LogP contribution in [-0.4, -0.2) is 29.5 Å². The second-order valence-electron chi connectivity index (χ2n) is 7.00. The zero-order chi connectivity index (χ0) is 22.6. The molecule has 1 atom stereocenters. The van der Waals surface area contributed by atoms with Gasteiger partial charge in [0.25, 0.3) is 0 Å². The highest BCUT2D eigenvalue weighted by Crippen LogP contribution is 2.41. The number of carbonyl (C=O) groups is 2. The van der Waals surface area contributed by atoms with Gasteiger partial charge < -0.3 is 14.6 Å². The van der Waals surface area contributed by atoms with Crippen LogP contribution < -0.4 is 9.47 Å². The fraction of sp³-hybridized carbons (Fsp3) is 0.125. The van der Waals surface area contributed by atoms with E-state index in [9.17, 15) is 14.7 Å². The van der Waals surface area contributed by atoms with Gasteiger partial charge in [-0.3, -0.25) is 9.78 Å². The van der Waals surface area contributed by atoms with E-state index in [4.69, 9.17) is 9.47 Å². The van der Waals surface area contributed by atoms with E-state index in [1.54, 1.807) is 31.4 Å². The smallest absolute Gasteiger partial charge is 0.335 e. The van der Waals surface area contributed by atoms with Crippen LogP contribution in [0.4, 0.5) is 0 Å². The summed E-state index contributed by atoms with van der Waals surface area (Å²) in [6.45, 7) is 0.241. The van der Waals surface area contributed by atoms with Crippen molar-refractivity contribution < 1.29 is 24.2 Å². The van der Waals surface area contributed by atoms with E-state index in [1.165, 1.54) is 24.5 Å². The topological polar surface area (TPSA) is 110 Å². The number of carbonyl (C=O) groups excluding carboxylic acids is 1. The van der Waals surface area contributed by atoms with Gasteiger partial charge in [0.15, 0.2) is 11.8 Å². The van der Waals surface area contributed by atoms with Crippen molar-refractivity contribution in [2.75, 3.05) is 7.11 Å². The number of pyridine rings is 1. The van der Waals surface area contributed by atoms with Crippen molar-refractivity contribution in [3.05, 3.63) is 101 Å². The molecule has 1 N–H and O–H groups in total. The Hall–Kier alpha value is -4.33. The average Bonchev–Trinajstić information content (AvgIpc) is 3.34. The first-order valence-electron chi connectivity index (χ1n) is 9.71. The molecule has 0 saturated heterocycles. The molecule has 3 aromatic rings. The van der Waals surface area contributed by atoms with Crippen molar-refractivity contribution in [2.45, 2.75) is 12.1 Å². The first-order valence-corrected chi connectivity index (χ1v) is 9.71. The third kappa shape index (κ3) is 3.85. The molecule has 8 nitrogen and oxygen atoms in total. The number of hydrogen-bond donors (Lipinski definition) is 1. The van der Waals surface area contributed by atoms with Gasteiger partial charge in [0.05, 0.1) is 23.9 Å². The van der Waals surface area contributed by atoms with E-state index in [0.717, 1.165) is 11.3 Å². The molecule has 1 aliphatic heterocycles. The second-order valence-corrected chi connectivity index (χ2v) is 7.00. The van der Waals surface area contributed by atoms with Gasteiger partial charge in [-0.2, -0.15) is 10.2 Å². The summed E-state index contributed by atoms with van der Waals surface area (Å²) in [5.41, 5.74) is 0.844. The monoisotopic (exact) mass is 429 g/mol. The molecular formula is C24H19N3O5. The SMILES string of the molecule is COc1ccc(COc2cccc(C3(c4cc(C(=O)O)ccn4)C=CN=N3)c2C=O)cc1. The Kier molecular flexibility index (Phi) is 5.76. The van der Waals surface area contributed by atoms with Crippen molar-refractivity contribution in [2.24, 2.45) is 10.2 Å². The first kappa shape index (κ1) is 20.9. The summed E-state index contributed by atoms with van der Waals surface area (Å²) in [4.78, 5) is 27.9. The van der Waals surface area contributed by atoms with Gasteiger partial charge in [-0.05, 0) is 42.0 Å². The largest absolute Gasteiger partial charge is 0.497 e. The Bertz CT molecular complexity index is 1210. The lowest BCUT2D eigenvalue weighted by Gasteiger charge is -2.25. The minimum absolute atomic E-state index is 0.0597. The van der Waals surface area contributed by atoms with Crippen LogP contribution in [0.1, 0.15) is 37.5 Å². The zero-order valence-electron chi connectivity index (χ0n) is 17.1. The van der Waals surface area contributed by atoms with Crippen LogP contribution in [0, 0.1) is 0 Å². The summed E-state index contributed by atoms with van der Waals surface area (Å²) < 4.78 is 11.1. The molecule has 160 valence electrons. The molecular weight excluding hydrogens is 410 g/mol. The molecule has 0 aliphatic carbocycles. The highest BCUT2D eigenvalue weighted by Gasteiger charge is 2.39. The van der Waals surface area contributed by atoms with Crippen molar-refractivity contribution in [3.8, 4) is 11.5 Å². The molecule has 0 spiro atoms. The predicted octanol–water partition coefficient (Wildman–Crippen LogP) is 4.40. The maximum Gasteiger partial charge on any atom is 0.335 e. The summed E-state index contributed by atoms with van der Waals surface area (Å²) in [5.74, 6) is 0.0215. The van der Waals surface area contributed by atoms with Crippen LogP contribution in [0.5, 0.6) is 11.5 Å². The third-order valence-electron chi connectivity index (χ3n) is 5.14. The van der Waals surface area contributed by atoms with E-state index >= 15 is 0 Å². The fourth-order valence-electron chi connectivity index (χ4n) is 3.50. The zero-order valence-corrected chi connectivity index (χ0v) is 17.1. The number of ether oxygens (including phenoxy) is 2. The van der Waals surface area contributed by atoms with E-state index < -0.39 is 11.5 Å². The van der Waals surface area contributed by atoms with E-state index in [0.29, 0.717) is 23.3 Å². The first-order chi connectivity index (χ1) is 15.6. The van der Waals surface area contributed by atoms with Gasteiger partial charge in [-0.25, -0.2) is 4.79 Å². The molecule has 0 bridgehead atoms. The molecule has 4 rings (SSSR count). The van der Waals surface area contributed by atoms with Gasteiger partial charge in [0.2, 0.25) is 0 Å². The number of carboxylic acid groups (broad SMARTS) is 1. The second kappa shape index (κ2) is 8.81. The molecule has 0 saturated carbocycles.